The Hall–Kier alpha value is -1.11. The average Bonchev–Trinajstić information content (AvgIpc) is 2.26. The minimum absolute atomic E-state index is 0.387. The van der Waals surface area contributed by atoms with Gasteiger partial charge in [0.15, 0.2) is 0 Å². The molecule has 0 unspecified atom stereocenters. The second-order valence-corrected chi connectivity index (χ2v) is 6.87. The molecule has 0 heterocycles. The monoisotopic (exact) mass is 299 g/mol. The molecule has 5 nitrogen and oxygen atoms in total. The van der Waals surface area contributed by atoms with Crippen LogP contribution in [0.2, 0.25) is 0 Å². The molecule has 0 aliphatic carbocycles. The predicted octanol–water partition coefficient (Wildman–Crippen LogP) is 1.58. The molecule has 1 aromatic carbocycles. The third-order valence-corrected chi connectivity index (χ3v) is 4.73. The van der Waals surface area contributed by atoms with Crippen molar-refractivity contribution in [3.8, 4) is 0 Å². The van der Waals surface area contributed by atoms with Crippen molar-refractivity contribution in [3.05, 3.63) is 23.3 Å². The maximum atomic E-state index is 12.4. The average molecular weight is 299 g/mol. The summed E-state index contributed by atoms with van der Waals surface area (Å²) >= 11 is 0. The quantitative estimate of drug-likeness (QED) is 0.802. The van der Waals surface area contributed by atoms with E-state index in [0.29, 0.717) is 18.0 Å². The first-order chi connectivity index (χ1) is 9.27. The van der Waals surface area contributed by atoms with Crippen LogP contribution in [0.3, 0.4) is 0 Å². The van der Waals surface area contributed by atoms with Gasteiger partial charge in [0.1, 0.15) is 0 Å². The van der Waals surface area contributed by atoms with Crippen LogP contribution in [0.1, 0.15) is 18.1 Å². The third-order valence-electron chi connectivity index (χ3n) is 2.96. The van der Waals surface area contributed by atoms with Gasteiger partial charge < -0.3 is 10.2 Å². The van der Waals surface area contributed by atoms with Crippen LogP contribution in [0.4, 0.5) is 5.69 Å². The number of sulfonamides is 1. The van der Waals surface area contributed by atoms with Crippen molar-refractivity contribution in [2.24, 2.45) is 0 Å². The van der Waals surface area contributed by atoms with Crippen molar-refractivity contribution in [2.75, 3.05) is 39.0 Å². The van der Waals surface area contributed by atoms with Gasteiger partial charge in [-0.2, -0.15) is 0 Å². The topological polar surface area (TPSA) is 61.4 Å². The van der Waals surface area contributed by atoms with Gasteiger partial charge in [-0.1, -0.05) is 0 Å². The zero-order chi connectivity index (χ0) is 15.3. The zero-order valence-electron chi connectivity index (χ0n) is 12.9. The summed E-state index contributed by atoms with van der Waals surface area (Å²) in [5.74, 6) is 0. The smallest absolute Gasteiger partial charge is 0.241 e. The van der Waals surface area contributed by atoms with Crippen LogP contribution in [-0.4, -0.2) is 47.0 Å². The van der Waals surface area contributed by atoms with Gasteiger partial charge in [-0.25, -0.2) is 13.1 Å². The molecule has 6 heteroatoms. The highest BCUT2D eigenvalue weighted by Gasteiger charge is 2.19. The molecule has 0 amide bonds. The van der Waals surface area contributed by atoms with Crippen molar-refractivity contribution in [1.29, 1.82) is 0 Å². The van der Waals surface area contributed by atoms with Gasteiger partial charge in [0, 0.05) is 25.3 Å². The summed E-state index contributed by atoms with van der Waals surface area (Å²) < 4.78 is 27.4. The van der Waals surface area contributed by atoms with Crippen molar-refractivity contribution in [3.63, 3.8) is 0 Å². The van der Waals surface area contributed by atoms with Crippen molar-refractivity contribution in [2.45, 2.75) is 25.7 Å². The Morgan fingerprint density at radius 2 is 1.70 bits per heavy atom. The molecule has 0 aliphatic rings. The molecule has 0 spiro atoms. The third kappa shape index (κ3) is 4.47. The largest absolute Gasteiger partial charge is 0.385 e. The van der Waals surface area contributed by atoms with Crippen LogP contribution < -0.4 is 10.0 Å². The standard InChI is InChI=1S/C14H25N3O2S/c1-6-15-13-9-11(2)14(12(3)10-13)20(18,19)16-7-8-17(4)5/h9-10,15-16H,6-8H2,1-5H3. The molecular weight excluding hydrogens is 274 g/mol. The minimum Gasteiger partial charge on any atom is -0.385 e. The number of nitrogens with one attached hydrogen (secondary N) is 2. The first kappa shape index (κ1) is 16.9. The fourth-order valence-corrected chi connectivity index (χ4v) is 3.63. The number of anilines is 1. The van der Waals surface area contributed by atoms with Crippen LogP contribution in [0.5, 0.6) is 0 Å². The van der Waals surface area contributed by atoms with Gasteiger partial charge in [0.2, 0.25) is 10.0 Å². The van der Waals surface area contributed by atoms with E-state index in [1.165, 1.54) is 0 Å². The van der Waals surface area contributed by atoms with E-state index in [4.69, 9.17) is 0 Å². The summed E-state index contributed by atoms with van der Waals surface area (Å²) in [7, 11) is 0.372. The predicted molar refractivity (Wildman–Crippen MR) is 83.8 cm³/mol. The number of rotatable bonds is 7. The summed E-state index contributed by atoms with van der Waals surface area (Å²) in [5, 5.41) is 3.20. The SMILES string of the molecule is CCNc1cc(C)c(S(=O)(=O)NCCN(C)C)c(C)c1. The molecule has 1 rings (SSSR count). The van der Waals surface area contributed by atoms with Gasteiger partial charge >= 0.3 is 0 Å². The highest BCUT2D eigenvalue weighted by atomic mass is 32.2. The number of aryl methyl sites for hydroxylation is 2. The van der Waals surface area contributed by atoms with E-state index >= 15 is 0 Å². The molecule has 0 saturated carbocycles. The first-order valence-electron chi connectivity index (χ1n) is 6.77. The summed E-state index contributed by atoms with van der Waals surface area (Å²) in [5.41, 5.74) is 2.48. The van der Waals surface area contributed by atoms with Crippen LogP contribution in [-0.2, 0) is 10.0 Å². The summed E-state index contributed by atoms with van der Waals surface area (Å²) in [6, 6.07) is 3.74. The van der Waals surface area contributed by atoms with Gasteiger partial charge in [0.25, 0.3) is 0 Å². The van der Waals surface area contributed by atoms with Crippen LogP contribution in [0.15, 0.2) is 17.0 Å². The van der Waals surface area contributed by atoms with Crippen molar-refractivity contribution >= 4 is 15.7 Å². The van der Waals surface area contributed by atoms with E-state index in [-0.39, 0.29) is 0 Å². The number of likely N-dealkylation sites (N-methyl/N-ethyl adjacent to an activating group) is 1. The maximum absolute atomic E-state index is 12.4. The molecule has 114 valence electrons. The lowest BCUT2D eigenvalue weighted by Crippen LogP contribution is -2.32. The second kappa shape index (κ2) is 7.06. The highest BCUT2D eigenvalue weighted by molar-refractivity contribution is 7.89. The molecule has 20 heavy (non-hydrogen) atoms. The Morgan fingerprint density at radius 3 is 2.15 bits per heavy atom. The van der Waals surface area contributed by atoms with E-state index in [2.05, 4.69) is 10.0 Å². The Morgan fingerprint density at radius 1 is 1.15 bits per heavy atom. The van der Waals surface area contributed by atoms with E-state index < -0.39 is 10.0 Å². The normalized spacial score (nSPS) is 11.9. The van der Waals surface area contributed by atoms with Gasteiger partial charge in [-0.3, -0.25) is 0 Å². The van der Waals surface area contributed by atoms with E-state index in [1.807, 2.05) is 51.9 Å². The molecule has 2 N–H and O–H groups in total. The van der Waals surface area contributed by atoms with Gasteiger partial charge in [-0.15, -0.1) is 0 Å². The van der Waals surface area contributed by atoms with Crippen molar-refractivity contribution < 1.29 is 8.42 Å². The molecule has 1 aromatic rings. The Kier molecular flexibility index (Phi) is 5.98. The number of hydrogen-bond donors (Lipinski definition) is 2. The number of benzene rings is 1. The first-order valence-corrected chi connectivity index (χ1v) is 8.25. The molecule has 0 aromatic heterocycles. The van der Waals surface area contributed by atoms with Gasteiger partial charge in [-0.05, 0) is 58.1 Å². The van der Waals surface area contributed by atoms with E-state index in [9.17, 15) is 8.42 Å². The fraction of sp³-hybridized carbons (Fsp3) is 0.571. The summed E-state index contributed by atoms with van der Waals surface area (Å²) in [6.45, 7) is 7.56. The highest BCUT2D eigenvalue weighted by Crippen LogP contribution is 2.24. The lowest BCUT2D eigenvalue weighted by Gasteiger charge is -2.15. The molecular formula is C14H25N3O2S. The number of hydrogen-bond acceptors (Lipinski definition) is 4. The molecule has 0 fully saturated rings. The molecule has 0 bridgehead atoms. The summed E-state index contributed by atoms with van der Waals surface area (Å²) in [4.78, 5) is 2.33. The van der Waals surface area contributed by atoms with Gasteiger partial charge in [0.05, 0.1) is 4.90 Å². The maximum Gasteiger partial charge on any atom is 0.241 e. The van der Waals surface area contributed by atoms with Crippen LogP contribution >= 0.6 is 0 Å². The molecule has 0 aliphatic heterocycles. The summed E-state index contributed by atoms with van der Waals surface area (Å²) in [6.07, 6.45) is 0. The van der Waals surface area contributed by atoms with Crippen LogP contribution in [0.25, 0.3) is 0 Å². The fourth-order valence-electron chi connectivity index (χ4n) is 2.16. The second-order valence-electron chi connectivity index (χ2n) is 5.17. The van der Waals surface area contributed by atoms with E-state index in [1.54, 1.807) is 0 Å². The molecule has 0 radical (unpaired) electrons. The Labute approximate surface area is 122 Å². The minimum atomic E-state index is -3.45. The lowest BCUT2D eigenvalue weighted by molar-refractivity contribution is 0.412. The Bertz CT molecular complexity index is 531. The van der Waals surface area contributed by atoms with Crippen molar-refractivity contribution in [1.82, 2.24) is 9.62 Å². The molecule has 0 atom stereocenters. The zero-order valence-corrected chi connectivity index (χ0v) is 13.8. The lowest BCUT2D eigenvalue weighted by atomic mass is 10.1. The number of nitrogens with zero attached hydrogens (tertiary/aromatic N) is 1. The molecule has 0 saturated heterocycles. The van der Waals surface area contributed by atoms with Crippen LogP contribution in [0, 0.1) is 13.8 Å². The Balaban J connectivity index is 3.00. The van der Waals surface area contributed by atoms with E-state index in [0.717, 1.165) is 23.4 Å².